The lowest BCUT2D eigenvalue weighted by atomic mass is 10.1. The molecule has 2 aromatic carbocycles. The minimum Gasteiger partial charge on any atom is -0.338 e. The average Bonchev–Trinajstić information content (AvgIpc) is 3.26. The number of carbonyl (C=O) groups is 1. The summed E-state index contributed by atoms with van der Waals surface area (Å²) >= 11 is 6.07. The highest BCUT2D eigenvalue weighted by molar-refractivity contribution is 7.89. The number of anilines is 2. The Labute approximate surface area is 223 Å². The summed E-state index contributed by atoms with van der Waals surface area (Å²) in [5.41, 5.74) is 5.68. The molecule has 200 valence electrons. The highest BCUT2D eigenvalue weighted by atomic mass is 35.5. The number of nitrogens with two attached hydrogens (primary N) is 1. The molecule has 0 radical (unpaired) electrons. The molecule has 13 heteroatoms. The average molecular weight is 563 g/mol. The van der Waals surface area contributed by atoms with Gasteiger partial charge in [0.25, 0.3) is 0 Å². The van der Waals surface area contributed by atoms with Gasteiger partial charge in [-0.2, -0.15) is 13.1 Å². The third-order valence-electron chi connectivity index (χ3n) is 6.60. The SMILES string of the molecule is NC1CC(=O)N(c2ccc(S(=O)(=O)N3CCN(c4nc(Cl)cc(C(F)(F)c5ccccc5)n4)CC3)cc2)C1. The largest absolute Gasteiger partial charge is 0.338 e. The number of hydrogen-bond donors (Lipinski definition) is 1. The molecular formula is C25H25ClF2N6O3S. The minimum absolute atomic E-state index is 0.0120. The van der Waals surface area contributed by atoms with Gasteiger partial charge in [0.15, 0.2) is 0 Å². The molecule has 0 spiro atoms. The van der Waals surface area contributed by atoms with Crippen molar-refractivity contribution in [1.82, 2.24) is 14.3 Å². The van der Waals surface area contributed by atoms with Crippen LogP contribution in [0.5, 0.6) is 0 Å². The molecule has 0 saturated carbocycles. The number of alkyl halides is 2. The van der Waals surface area contributed by atoms with E-state index in [1.165, 1.54) is 40.7 Å². The van der Waals surface area contributed by atoms with E-state index in [0.717, 1.165) is 6.07 Å². The van der Waals surface area contributed by atoms with Gasteiger partial charge in [-0.1, -0.05) is 41.9 Å². The van der Waals surface area contributed by atoms with Crippen molar-refractivity contribution in [1.29, 1.82) is 0 Å². The lowest BCUT2D eigenvalue weighted by Crippen LogP contribution is -2.49. The Morgan fingerprint density at radius 3 is 2.24 bits per heavy atom. The number of sulfonamides is 1. The maximum atomic E-state index is 15.1. The van der Waals surface area contributed by atoms with Crippen molar-refractivity contribution in [2.24, 2.45) is 5.73 Å². The van der Waals surface area contributed by atoms with Gasteiger partial charge in [0, 0.05) is 62.5 Å². The Morgan fingerprint density at radius 1 is 0.974 bits per heavy atom. The second-order valence-electron chi connectivity index (χ2n) is 9.17. The number of rotatable bonds is 6. The first-order valence-electron chi connectivity index (χ1n) is 12.0. The molecule has 1 aromatic heterocycles. The maximum absolute atomic E-state index is 15.1. The number of nitrogens with zero attached hydrogens (tertiary/aromatic N) is 5. The van der Waals surface area contributed by atoms with Crippen LogP contribution in [0, 0.1) is 0 Å². The van der Waals surface area contributed by atoms with E-state index in [0.29, 0.717) is 12.2 Å². The number of amides is 1. The summed E-state index contributed by atoms with van der Waals surface area (Å²) in [6, 6.07) is 14.2. The second kappa shape index (κ2) is 10.2. The summed E-state index contributed by atoms with van der Waals surface area (Å²) < 4.78 is 58.0. The van der Waals surface area contributed by atoms with Crippen LogP contribution >= 0.6 is 11.6 Å². The van der Waals surface area contributed by atoms with Crippen LogP contribution in [-0.4, -0.2) is 67.4 Å². The molecule has 2 saturated heterocycles. The lowest BCUT2D eigenvalue weighted by molar-refractivity contribution is -0.117. The molecule has 2 N–H and O–H groups in total. The van der Waals surface area contributed by atoms with Crippen LogP contribution in [-0.2, 0) is 20.7 Å². The Hall–Kier alpha value is -3.19. The number of aromatic nitrogens is 2. The normalized spacial score (nSPS) is 19.3. The van der Waals surface area contributed by atoms with Crippen LogP contribution in [0.4, 0.5) is 20.4 Å². The van der Waals surface area contributed by atoms with Crippen molar-refractivity contribution < 1.29 is 22.0 Å². The van der Waals surface area contributed by atoms with Gasteiger partial charge < -0.3 is 15.5 Å². The Balaban J connectivity index is 1.29. The summed E-state index contributed by atoms with van der Waals surface area (Å²) in [4.78, 5) is 23.5. The zero-order valence-corrected chi connectivity index (χ0v) is 21.7. The van der Waals surface area contributed by atoms with Crippen LogP contribution in [0.3, 0.4) is 0 Å². The fourth-order valence-electron chi connectivity index (χ4n) is 4.56. The van der Waals surface area contributed by atoms with Gasteiger partial charge >= 0.3 is 5.92 Å². The summed E-state index contributed by atoms with van der Waals surface area (Å²) in [5.74, 6) is -3.47. The van der Waals surface area contributed by atoms with E-state index in [4.69, 9.17) is 17.3 Å². The van der Waals surface area contributed by atoms with Gasteiger partial charge in [0.1, 0.15) is 10.8 Å². The van der Waals surface area contributed by atoms with E-state index in [2.05, 4.69) is 9.97 Å². The molecule has 1 unspecified atom stereocenters. The molecule has 3 heterocycles. The zero-order valence-electron chi connectivity index (χ0n) is 20.2. The van der Waals surface area contributed by atoms with E-state index in [1.807, 2.05) is 0 Å². The van der Waals surface area contributed by atoms with Gasteiger partial charge in [-0.3, -0.25) is 4.79 Å². The van der Waals surface area contributed by atoms with E-state index in [-0.39, 0.29) is 66.1 Å². The van der Waals surface area contributed by atoms with Gasteiger partial charge in [0.05, 0.1) is 4.90 Å². The van der Waals surface area contributed by atoms with Gasteiger partial charge in [0.2, 0.25) is 21.9 Å². The number of hydrogen-bond acceptors (Lipinski definition) is 7. The third-order valence-corrected chi connectivity index (χ3v) is 8.71. The fourth-order valence-corrected chi connectivity index (χ4v) is 6.16. The minimum atomic E-state index is -3.82. The van der Waals surface area contributed by atoms with Crippen molar-refractivity contribution in [2.75, 3.05) is 42.5 Å². The molecule has 0 bridgehead atoms. The Morgan fingerprint density at radius 2 is 1.63 bits per heavy atom. The highest BCUT2D eigenvalue weighted by Crippen LogP contribution is 2.36. The quantitative estimate of drug-likeness (QED) is 0.460. The predicted molar refractivity (Wildman–Crippen MR) is 139 cm³/mol. The summed E-state index contributed by atoms with van der Waals surface area (Å²) in [7, 11) is -3.82. The van der Waals surface area contributed by atoms with Crippen molar-refractivity contribution in [2.45, 2.75) is 23.3 Å². The molecule has 2 fully saturated rings. The standard InChI is InChI=1S/C25H25ClF2N6O3S/c26-22-15-21(25(27,28)17-4-2-1-3-5-17)30-24(31-22)32-10-12-33(13-11-32)38(36,37)20-8-6-19(7-9-20)34-16-18(29)14-23(34)35/h1-9,15,18H,10-14,16,29H2. The van der Waals surface area contributed by atoms with E-state index in [9.17, 15) is 13.2 Å². The first-order chi connectivity index (χ1) is 18.1. The van der Waals surface area contributed by atoms with Crippen LogP contribution < -0.4 is 15.5 Å². The van der Waals surface area contributed by atoms with Crippen LogP contribution in [0.15, 0.2) is 65.6 Å². The fraction of sp³-hybridized carbons (Fsp3) is 0.320. The van der Waals surface area contributed by atoms with E-state index in [1.54, 1.807) is 28.0 Å². The molecule has 2 aliphatic heterocycles. The number of carbonyl (C=O) groups excluding carboxylic acids is 1. The zero-order chi connectivity index (χ0) is 27.1. The van der Waals surface area contributed by atoms with Crippen LogP contribution in [0.1, 0.15) is 17.7 Å². The molecule has 5 rings (SSSR count). The number of benzene rings is 2. The molecular weight excluding hydrogens is 538 g/mol. The molecule has 1 atom stereocenters. The highest BCUT2D eigenvalue weighted by Gasteiger charge is 2.37. The van der Waals surface area contributed by atoms with Crippen LogP contribution in [0.2, 0.25) is 5.15 Å². The first-order valence-corrected chi connectivity index (χ1v) is 13.8. The van der Waals surface area contributed by atoms with Gasteiger partial charge in [-0.05, 0) is 24.3 Å². The summed E-state index contributed by atoms with van der Waals surface area (Å²) in [6.07, 6.45) is 0.256. The van der Waals surface area contributed by atoms with Crippen molar-refractivity contribution in [3.05, 3.63) is 77.1 Å². The predicted octanol–water partition coefficient (Wildman–Crippen LogP) is 2.85. The van der Waals surface area contributed by atoms with Gasteiger partial charge in [-0.25, -0.2) is 18.4 Å². The monoisotopic (exact) mass is 562 g/mol. The molecule has 9 nitrogen and oxygen atoms in total. The molecule has 2 aliphatic rings. The van der Waals surface area contributed by atoms with E-state index >= 15 is 8.78 Å². The van der Waals surface area contributed by atoms with Crippen molar-refractivity contribution in [3.8, 4) is 0 Å². The van der Waals surface area contributed by atoms with Gasteiger partial charge in [-0.15, -0.1) is 0 Å². The summed E-state index contributed by atoms with van der Waals surface area (Å²) in [5, 5.41) is -0.131. The summed E-state index contributed by atoms with van der Waals surface area (Å²) in [6.45, 7) is 0.966. The molecule has 0 aliphatic carbocycles. The number of piperazine rings is 1. The lowest BCUT2D eigenvalue weighted by Gasteiger charge is -2.34. The smallest absolute Gasteiger partial charge is 0.315 e. The third kappa shape index (κ3) is 5.08. The topological polar surface area (TPSA) is 113 Å². The number of halogens is 3. The van der Waals surface area contributed by atoms with E-state index < -0.39 is 21.6 Å². The second-order valence-corrected chi connectivity index (χ2v) is 11.5. The molecule has 1 amide bonds. The maximum Gasteiger partial charge on any atom is 0.315 e. The molecule has 38 heavy (non-hydrogen) atoms. The van der Waals surface area contributed by atoms with Crippen molar-refractivity contribution >= 4 is 39.2 Å². The first kappa shape index (κ1) is 26.4. The Kier molecular flexibility index (Phi) is 7.07. The Bertz CT molecular complexity index is 1440. The van der Waals surface area contributed by atoms with Crippen LogP contribution in [0.25, 0.3) is 0 Å². The van der Waals surface area contributed by atoms with Crippen molar-refractivity contribution in [3.63, 3.8) is 0 Å². The molecule has 3 aromatic rings.